The Kier molecular flexibility index (Phi) is 5.52. The molecule has 1 atom stereocenters. The van der Waals surface area contributed by atoms with Crippen molar-refractivity contribution in [2.45, 2.75) is 32.2 Å². The van der Waals surface area contributed by atoms with Crippen LogP contribution in [0.5, 0.6) is 0 Å². The second-order valence-corrected chi connectivity index (χ2v) is 5.22. The molecule has 2 aromatic carbocycles. The average molecular weight is 282 g/mol. The van der Waals surface area contributed by atoms with Crippen molar-refractivity contribution in [3.63, 3.8) is 0 Å². The summed E-state index contributed by atoms with van der Waals surface area (Å²) in [6, 6.07) is 17.4. The number of carbonyl (C=O) groups excluding carboxylic acids is 1. The standard InChI is InChI=1S/C18H22N2O/c1-2-6-14-9-11-16(12-10-14)20-18(21)13-17(19)15-7-4-3-5-8-15/h3-5,7-12,17H,2,6,13,19H2,1H3,(H,20,21). The molecule has 0 aromatic heterocycles. The molecule has 0 saturated carbocycles. The number of aryl methyl sites for hydroxylation is 1. The van der Waals surface area contributed by atoms with Crippen molar-refractivity contribution in [1.82, 2.24) is 0 Å². The minimum Gasteiger partial charge on any atom is -0.326 e. The van der Waals surface area contributed by atoms with Crippen LogP contribution in [-0.4, -0.2) is 5.91 Å². The first-order chi connectivity index (χ1) is 10.2. The number of hydrogen-bond donors (Lipinski definition) is 2. The maximum absolute atomic E-state index is 12.0. The summed E-state index contributed by atoms with van der Waals surface area (Å²) in [4.78, 5) is 12.0. The van der Waals surface area contributed by atoms with Gasteiger partial charge in [0.15, 0.2) is 0 Å². The number of anilines is 1. The van der Waals surface area contributed by atoms with E-state index in [1.165, 1.54) is 5.56 Å². The van der Waals surface area contributed by atoms with Gasteiger partial charge in [-0.3, -0.25) is 4.79 Å². The Bertz CT molecular complexity index is 564. The maximum Gasteiger partial charge on any atom is 0.226 e. The Morgan fingerprint density at radius 1 is 1.10 bits per heavy atom. The largest absolute Gasteiger partial charge is 0.326 e. The molecule has 0 aliphatic carbocycles. The minimum absolute atomic E-state index is 0.0606. The fraction of sp³-hybridized carbons (Fsp3) is 0.278. The number of nitrogens with two attached hydrogens (primary N) is 1. The minimum atomic E-state index is -0.273. The highest BCUT2D eigenvalue weighted by molar-refractivity contribution is 5.91. The predicted octanol–water partition coefficient (Wildman–Crippen LogP) is 3.67. The van der Waals surface area contributed by atoms with Crippen LogP contribution in [0, 0.1) is 0 Å². The van der Waals surface area contributed by atoms with E-state index in [1.54, 1.807) is 0 Å². The SMILES string of the molecule is CCCc1ccc(NC(=O)CC(N)c2ccccc2)cc1. The Hall–Kier alpha value is -2.13. The van der Waals surface area contributed by atoms with Gasteiger partial charge in [-0.25, -0.2) is 0 Å². The van der Waals surface area contributed by atoms with Gasteiger partial charge >= 0.3 is 0 Å². The van der Waals surface area contributed by atoms with Crippen LogP contribution in [0.1, 0.15) is 36.9 Å². The van der Waals surface area contributed by atoms with E-state index in [-0.39, 0.29) is 18.4 Å². The summed E-state index contributed by atoms with van der Waals surface area (Å²) in [7, 11) is 0. The zero-order valence-electron chi connectivity index (χ0n) is 12.4. The summed E-state index contributed by atoms with van der Waals surface area (Å²) >= 11 is 0. The van der Waals surface area contributed by atoms with Crippen molar-refractivity contribution in [3.05, 3.63) is 65.7 Å². The molecule has 0 bridgehead atoms. The second kappa shape index (κ2) is 7.60. The number of benzene rings is 2. The van der Waals surface area contributed by atoms with Crippen LogP contribution in [0.2, 0.25) is 0 Å². The summed E-state index contributed by atoms with van der Waals surface area (Å²) in [6.07, 6.45) is 2.46. The monoisotopic (exact) mass is 282 g/mol. The third-order valence-electron chi connectivity index (χ3n) is 3.41. The summed E-state index contributed by atoms with van der Waals surface area (Å²) in [6.45, 7) is 2.15. The Labute approximate surface area is 126 Å². The molecule has 0 aliphatic heterocycles. The summed E-state index contributed by atoms with van der Waals surface area (Å²) in [5.74, 6) is -0.0606. The molecule has 1 unspecified atom stereocenters. The van der Waals surface area contributed by atoms with Gasteiger partial charge in [0.2, 0.25) is 5.91 Å². The first-order valence-electron chi connectivity index (χ1n) is 7.38. The van der Waals surface area contributed by atoms with E-state index in [4.69, 9.17) is 5.73 Å². The van der Waals surface area contributed by atoms with Crippen LogP contribution in [-0.2, 0) is 11.2 Å². The number of nitrogens with one attached hydrogen (secondary N) is 1. The van der Waals surface area contributed by atoms with Crippen LogP contribution in [0.15, 0.2) is 54.6 Å². The molecule has 0 heterocycles. The van der Waals surface area contributed by atoms with E-state index in [0.717, 1.165) is 24.1 Å². The van der Waals surface area contributed by atoms with Crippen LogP contribution in [0.4, 0.5) is 5.69 Å². The molecule has 0 radical (unpaired) electrons. The van der Waals surface area contributed by atoms with Gasteiger partial charge in [-0.05, 0) is 29.7 Å². The average Bonchev–Trinajstić information content (AvgIpc) is 2.50. The molecule has 1 amide bonds. The lowest BCUT2D eigenvalue weighted by Crippen LogP contribution is -2.20. The number of rotatable bonds is 6. The molecular weight excluding hydrogens is 260 g/mol. The van der Waals surface area contributed by atoms with E-state index in [0.29, 0.717) is 0 Å². The summed E-state index contributed by atoms with van der Waals surface area (Å²) < 4.78 is 0. The molecule has 2 rings (SSSR count). The third kappa shape index (κ3) is 4.72. The molecule has 0 saturated heterocycles. The van der Waals surface area contributed by atoms with Gasteiger partial charge in [-0.2, -0.15) is 0 Å². The van der Waals surface area contributed by atoms with Gasteiger partial charge < -0.3 is 11.1 Å². The normalized spacial score (nSPS) is 11.9. The van der Waals surface area contributed by atoms with Crippen LogP contribution >= 0.6 is 0 Å². The molecule has 0 aliphatic rings. The quantitative estimate of drug-likeness (QED) is 0.849. The van der Waals surface area contributed by atoms with Gasteiger partial charge in [0.05, 0.1) is 0 Å². The molecule has 0 spiro atoms. The number of carbonyl (C=O) groups is 1. The molecular formula is C18H22N2O. The van der Waals surface area contributed by atoms with E-state index in [1.807, 2.05) is 42.5 Å². The van der Waals surface area contributed by atoms with Crippen LogP contribution < -0.4 is 11.1 Å². The van der Waals surface area contributed by atoms with Gasteiger partial charge in [0, 0.05) is 18.2 Å². The predicted molar refractivity (Wildman–Crippen MR) is 87.1 cm³/mol. The Morgan fingerprint density at radius 3 is 2.38 bits per heavy atom. The third-order valence-corrected chi connectivity index (χ3v) is 3.41. The first-order valence-corrected chi connectivity index (χ1v) is 7.38. The molecule has 110 valence electrons. The van der Waals surface area contributed by atoms with Gasteiger partial charge in [-0.15, -0.1) is 0 Å². The van der Waals surface area contributed by atoms with Crippen molar-refractivity contribution < 1.29 is 4.79 Å². The summed E-state index contributed by atoms with van der Waals surface area (Å²) in [5.41, 5.74) is 9.14. The zero-order valence-corrected chi connectivity index (χ0v) is 12.4. The highest BCUT2D eigenvalue weighted by Gasteiger charge is 2.11. The van der Waals surface area contributed by atoms with Crippen molar-refractivity contribution in [2.24, 2.45) is 5.73 Å². The molecule has 3 heteroatoms. The van der Waals surface area contributed by atoms with Crippen LogP contribution in [0.25, 0.3) is 0 Å². The molecule has 3 nitrogen and oxygen atoms in total. The van der Waals surface area contributed by atoms with Crippen molar-refractivity contribution in [2.75, 3.05) is 5.32 Å². The van der Waals surface area contributed by atoms with E-state index < -0.39 is 0 Å². The van der Waals surface area contributed by atoms with E-state index in [9.17, 15) is 4.79 Å². The lowest BCUT2D eigenvalue weighted by molar-refractivity contribution is -0.116. The van der Waals surface area contributed by atoms with E-state index in [2.05, 4.69) is 24.4 Å². The Morgan fingerprint density at radius 2 is 1.76 bits per heavy atom. The lowest BCUT2D eigenvalue weighted by atomic mass is 10.0. The maximum atomic E-state index is 12.0. The fourth-order valence-electron chi connectivity index (χ4n) is 2.27. The van der Waals surface area contributed by atoms with Crippen molar-refractivity contribution in [3.8, 4) is 0 Å². The van der Waals surface area contributed by atoms with Crippen LogP contribution in [0.3, 0.4) is 0 Å². The molecule has 0 fully saturated rings. The van der Waals surface area contributed by atoms with Gasteiger partial charge in [0.1, 0.15) is 0 Å². The molecule has 3 N–H and O–H groups in total. The zero-order chi connectivity index (χ0) is 15.1. The topological polar surface area (TPSA) is 55.1 Å². The van der Waals surface area contributed by atoms with Crippen molar-refractivity contribution >= 4 is 11.6 Å². The second-order valence-electron chi connectivity index (χ2n) is 5.22. The lowest BCUT2D eigenvalue weighted by Gasteiger charge is -2.12. The first kappa shape index (κ1) is 15.3. The Balaban J connectivity index is 1.89. The smallest absolute Gasteiger partial charge is 0.226 e. The highest BCUT2D eigenvalue weighted by atomic mass is 16.1. The molecule has 2 aromatic rings. The molecule has 21 heavy (non-hydrogen) atoms. The highest BCUT2D eigenvalue weighted by Crippen LogP contribution is 2.16. The fourth-order valence-corrected chi connectivity index (χ4v) is 2.27. The number of amides is 1. The van der Waals surface area contributed by atoms with Gasteiger partial charge in [0.25, 0.3) is 0 Å². The van der Waals surface area contributed by atoms with Gasteiger partial charge in [-0.1, -0.05) is 55.8 Å². The van der Waals surface area contributed by atoms with E-state index >= 15 is 0 Å². The number of hydrogen-bond acceptors (Lipinski definition) is 2. The summed E-state index contributed by atoms with van der Waals surface area (Å²) in [5, 5.41) is 2.89. The van der Waals surface area contributed by atoms with Crippen molar-refractivity contribution in [1.29, 1.82) is 0 Å².